The summed E-state index contributed by atoms with van der Waals surface area (Å²) in [6.07, 6.45) is 0.549. The number of hydrogen-bond donors (Lipinski definition) is 0. The summed E-state index contributed by atoms with van der Waals surface area (Å²) in [5, 5.41) is 0. The normalized spacial score (nSPS) is 46.3. The van der Waals surface area contributed by atoms with Crippen molar-refractivity contribution in [2.75, 3.05) is 32.6 Å². The standard InChI is InChI=1S/C13H26NO5P/c1-10-11(2)17-20(16-10,18-12(3)13(4)19-20)9-14-5-7-15-8-6-14/h10-13H,5-9H2,1-4H3. The molecule has 0 aromatic carbocycles. The van der Waals surface area contributed by atoms with Crippen molar-refractivity contribution in [3.8, 4) is 0 Å². The van der Waals surface area contributed by atoms with Crippen molar-refractivity contribution in [2.45, 2.75) is 52.1 Å². The van der Waals surface area contributed by atoms with E-state index in [2.05, 4.69) is 4.90 Å². The Labute approximate surface area is 120 Å². The Balaban J connectivity index is 1.85. The summed E-state index contributed by atoms with van der Waals surface area (Å²) in [4.78, 5) is 2.27. The zero-order chi connectivity index (χ0) is 14.4. The van der Waals surface area contributed by atoms with Gasteiger partial charge in [0.1, 0.15) is 0 Å². The molecule has 0 aromatic heterocycles. The van der Waals surface area contributed by atoms with E-state index >= 15 is 0 Å². The molecular weight excluding hydrogens is 281 g/mol. The Morgan fingerprint density at radius 3 is 1.60 bits per heavy atom. The Morgan fingerprint density at radius 2 is 1.20 bits per heavy atom. The number of nitrogens with zero attached hydrogens (tertiary/aromatic N) is 1. The van der Waals surface area contributed by atoms with Gasteiger partial charge in [-0.25, -0.2) is 0 Å². The average molecular weight is 307 g/mol. The summed E-state index contributed by atoms with van der Waals surface area (Å²) < 4.78 is 30.3. The van der Waals surface area contributed by atoms with Gasteiger partial charge in [-0.1, -0.05) is 0 Å². The quantitative estimate of drug-likeness (QED) is 0.729. The third kappa shape index (κ3) is 2.52. The van der Waals surface area contributed by atoms with Gasteiger partial charge in [0.25, 0.3) is 0 Å². The first-order valence-corrected chi connectivity index (χ1v) is 9.58. The SMILES string of the molecule is CC1OP2(CN3CCOCC3)(OC1C)OC(C)C(C)O2. The molecule has 6 nitrogen and oxygen atoms in total. The van der Waals surface area contributed by atoms with Crippen LogP contribution in [0.4, 0.5) is 0 Å². The van der Waals surface area contributed by atoms with Gasteiger partial charge in [0.05, 0.1) is 0 Å². The molecule has 3 rings (SSSR count). The topological polar surface area (TPSA) is 49.4 Å². The minimum absolute atomic E-state index is 0.00814. The first-order valence-electron chi connectivity index (χ1n) is 7.49. The Hall–Kier alpha value is 0.190. The predicted octanol–water partition coefficient (Wildman–Crippen LogP) is 2.14. The average Bonchev–Trinajstić information content (AvgIpc) is 2.75. The summed E-state index contributed by atoms with van der Waals surface area (Å²) in [5.74, 6) is 0. The molecule has 3 saturated heterocycles. The number of rotatable bonds is 2. The van der Waals surface area contributed by atoms with E-state index in [9.17, 15) is 0 Å². The van der Waals surface area contributed by atoms with E-state index in [0.717, 1.165) is 26.3 Å². The minimum atomic E-state index is -3.48. The van der Waals surface area contributed by atoms with Crippen LogP contribution in [-0.2, 0) is 22.8 Å². The Kier molecular flexibility index (Phi) is 3.87. The van der Waals surface area contributed by atoms with Crippen LogP contribution < -0.4 is 0 Å². The maximum atomic E-state index is 6.23. The number of hydrogen-bond acceptors (Lipinski definition) is 6. The van der Waals surface area contributed by atoms with Crippen LogP contribution in [0.2, 0.25) is 0 Å². The molecular formula is C13H26NO5P. The van der Waals surface area contributed by atoms with Crippen molar-refractivity contribution < 1.29 is 22.8 Å². The molecule has 7 heteroatoms. The third-order valence-electron chi connectivity index (χ3n) is 4.34. The van der Waals surface area contributed by atoms with Gasteiger partial charge in [0.15, 0.2) is 0 Å². The van der Waals surface area contributed by atoms with Crippen LogP contribution in [-0.4, -0.2) is 61.9 Å². The van der Waals surface area contributed by atoms with Crippen LogP contribution in [0.15, 0.2) is 0 Å². The van der Waals surface area contributed by atoms with Crippen molar-refractivity contribution in [1.29, 1.82) is 0 Å². The van der Waals surface area contributed by atoms with Crippen molar-refractivity contribution in [1.82, 2.24) is 4.90 Å². The second kappa shape index (κ2) is 5.13. The van der Waals surface area contributed by atoms with Crippen molar-refractivity contribution >= 4 is 7.51 Å². The molecule has 0 saturated carbocycles. The van der Waals surface area contributed by atoms with Gasteiger partial charge in [-0.05, 0) is 0 Å². The van der Waals surface area contributed by atoms with Gasteiger partial charge in [0.2, 0.25) is 0 Å². The molecule has 0 N–H and O–H groups in total. The molecule has 4 atom stereocenters. The van der Waals surface area contributed by atoms with Crippen LogP contribution in [0.3, 0.4) is 0 Å². The number of morpholine rings is 1. The Morgan fingerprint density at radius 1 is 0.800 bits per heavy atom. The molecule has 118 valence electrons. The van der Waals surface area contributed by atoms with Crippen LogP contribution in [0.5, 0.6) is 0 Å². The van der Waals surface area contributed by atoms with E-state index in [1.807, 2.05) is 27.7 Å². The van der Waals surface area contributed by atoms with Crippen LogP contribution in [0.1, 0.15) is 27.7 Å². The second-order valence-corrected chi connectivity index (χ2v) is 9.13. The molecule has 0 aromatic rings. The summed E-state index contributed by atoms with van der Waals surface area (Å²) in [7, 11) is -3.48. The van der Waals surface area contributed by atoms with Gasteiger partial charge >= 0.3 is 120 Å². The molecule has 1 spiro atoms. The van der Waals surface area contributed by atoms with Crippen LogP contribution in [0, 0.1) is 0 Å². The predicted molar refractivity (Wildman–Crippen MR) is 76.4 cm³/mol. The first-order chi connectivity index (χ1) is 9.41. The molecule has 0 bridgehead atoms. The fourth-order valence-corrected chi connectivity index (χ4v) is 7.74. The van der Waals surface area contributed by atoms with Crippen LogP contribution in [0.25, 0.3) is 0 Å². The fraction of sp³-hybridized carbons (Fsp3) is 1.00. The summed E-state index contributed by atoms with van der Waals surface area (Å²) in [6.45, 7) is 11.3. The number of ether oxygens (including phenoxy) is 1. The molecule has 0 aliphatic carbocycles. The second-order valence-electron chi connectivity index (χ2n) is 6.08. The van der Waals surface area contributed by atoms with E-state index in [0.29, 0.717) is 6.29 Å². The maximum absolute atomic E-state index is 6.23. The van der Waals surface area contributed by atoms with Crippen molar-refractivity contribution in [3.05, 3.63) is 0 Å². The molecule has 3 fully saturated rings. The molecule has 3 aliphatic rings. The van der Waals surface area contributed by atoms with E-state index in [4.69, 9.17) is 22.8 Å². The Bertz CT molecular complexity index is 324. The summed E-state index contributed by atoms with van der Waals surface area (Å²) in [5.41, 5.74) is 0. The zero-order valence-corrected chi connectivity index (χ0v) is 13.7. The van der Waals surface area contributed by atoms with E-state index in [-0.39, 0.29) is 24.4 Å². The van der Waals surface area contributed by atoms with Gasteiger partial charge in [-0.15, -0.1) is 0 Å². The first kappa shape index (κ1) is 15.1. The molecule has 4 unspecified atom stereocenters. The van der Waals surface area contributed by atoms with Gasteiger partial charge in [-0.3, -0.25) is 0 Å². The van der Waals surface area contributed by atoms with Crippen molar-refractivity contribution in [2.24, 2.45) is 0 Å². The third-order valence-corrected chi connectivity index (χ3v) is 8.16. The van der Waals surface area contributed by atoms with E-state index < -0.39 is 7.51 Å². The van der Waals surface area contributed by atoms with Crippen LogP contribution >= 0.6 is 7.51 Å². The van der Waals surface area contributed by atoms with Gasteiger partial charge in [0, 0.05) is 0 Å². The molecule has 20 heavy (non-hydrogen) atoms. The zero-order valence-electron chi connectivity index (χ0n) is 12.8. The summed E-state index contributed by atoms with van der Waals surface area (Å²) >= 11 is 0. The van der Waals surface area contributed by atoms with Gasteiger partial charge < -0.3 is 0 Å². The molecule has 3 heterocycles. The van der Waals surface area contributed by atoms with Gasteiger partial charge in [-0.2, -0.15) is 0 Å². The fourth-order valence-electron chi connectivity index (χ4n) is 2.98. The molecule has 3 aliphatic heterocycles. The summed E-state index contributed by atoms with van der Waals surface area (Å²) in [6, 6.07) is 0. The molecule has 0 amide bonds. The monoisotopic (exact) mass is 307 g/mol. The van der Waals surface area contributed by atoms with E-state index in [1.165, 1.54) is 0 Å². The van der Waals surface area contributed by atoms with Crippen molar-refractivity contribution in [3.63, 3.8) is 0 Å². The molecule has 0 radical (unpaired) electrons. The van der Waals surface area contributed by atoms with E-state index in [1.54, 1.807) is 0 Å².